The van der Waals surface area contributed by atoms with Gasteiger partial charge in [-0.2, -0.15) is 0 Å². The number of hydrogen-bond acceptors (Lipinski definition) is 3. The number of aryl methyl sites for hydroxylation is 1. The minimum absolute atomic E-state index is 0.0671. The lowest BCUT2D eigenvalue weighted by molar-refractivity contribution is 0.0951. The van der Waals surface area contributed by atoms with E-state index in [9.17, 15) is 4.79 Å². The predicted molar refractivity (Wildman–Crippen MR) is 76.3 cm³/mol. The minimum atomic E-state index is -0.0671. The SMILES string of the molecule is Cc1ncc(CNC(=O)c2ccc3cc[nH]c3c2)s1. The lowest BCUT2D eigenvalue weighted by Gasteiger charge is -2.03. The van der Waals surface area contributed by atoms with E-state index in [4.69, 9.17) is 0 Å². The second kappa shape index (κ2) is 4.85. The molecule has 3 rings (SSSR count). The summed E-state index contributed by atoms with van der Waals surface area (Å²) in [5, 5.41) is 5.02. The Morgan fingerprint density at radius 2 is 2.32 bits per heavy atom. The van der Waals surface area contributed by atoms with Crippen molar-refractivity contribution < 1.29 is 4.79 Å². The van der Waals surface area contributed by atoms with E-state index in [0.29, 0.717) is 12.1 Å². The van der Waals surface area contributed by atoms with E-state index in [-0.39, 0.29) is 5.91 Å². The molecule has 0 aliphatic rings. The fraction of sp³-hybridized carbons (Fsp3) is 0.143. The maximum atomic E-state index is 12.0. The normalized spacial score (nSPS) is 10.8. The number of fused-ring (bicyclic) bond motifs is 1. The minimum Gasteiger partial charge on any atom is -0.361 e. The van der Waals surface area contributed by atoms with Crippen molar-refractivity contribution >= 4 is 28.1 Å². The van der Waals surface area contributed by atoms with Gasteiger partial charge in [-0.15, -0.1) is 11.3 Å². The summed E-state index contributed by atoms with van der Waals surface area (Å²) in [6, 6.07) is 7.63. The van der Waals surface area contributed by atoms with E-state index in [2.05, 4.69) is 15.3 Å². The van der Waals surface area contributed by atoms with Crippen molar-refractivity contribution in [3.63, 3.8) is 0 Å². The number of aromatic amines is 1. The van der Waals surface area contributed by atoms with Gasteiger partial charge < -0.3 is 10.3 Å². The molecule has 0 saturated heterocycles. The van der Waals surface area contributed by atoms with E-state index < -0.39 is 0 Å². The molecule has 19 heavy (non-hydrogen) atoms. The summed E-state index contributed by atoms with van der Waals surface area (Å²) in [4.78, 5) is 20.4. The zero-order chi connectivity index (χ0) is 13.2. The Bertz CT molecular complexity index is 729. The number of carbonyl (C=O) groups is 1. The maximum absolute atomic E-state index is 12.0. The number of benzene rings is 1. The van der Waals surface area contributed by atoms with Crippen molar-refractivity contribution in [3.05, 3.63) is 52.1 Å². The highest BCUT2D eigenvalue weighted by Crippen LogP contribution is 2.15. The van der Waals surface area contributed by atoms with Gasteiger partial charge in [0, 0.05) is 28.4 Å². The van der Waals surface area contributed by atoms with Crippen LogP contribution in [0.4, 0.5) is 0 Å². The number of nitrogens with zero attached hydrogens (tertiary/aromatic N) is 1. The quantitative estimate of drug-likeness (QED) is 0.769. The zero-order valence-electron chi connectivity index (χ0n) is 10.4. The standard InChI is InChI=1S/C14H13N3OS/c1-9-16-7-12(19-9)8-17-14(18)11-3-2-10-4-5-15-13(10)6-11/h2-7,15H,8H2,1H3,(H,17,18). The first-order valence-corrected chi connectivity index (χ1v) is 6.81. The third-order valence-corrected chi connectivity index (χ3v) is 3.82. The number of nitrogens with one attached hydrogen (secondary N) is 2. The molecular weight excluding hydrogens is 258 g/mol. The fourth-order valence-corrected chi connectivity index (χ4v) is 2.68. The summed E-state index contributed by atoms with van der Waals surface area (Å²) in [7, 11) is 0. The van der Waals surface area contributed by atoms with Crippen molar-refractivity contribution in [2.45, 2.75) is 13.5 Å². The molecule has 3 aromatic rings. The Morgan fingerprint density at radius 1 is 1.42 bits per heavy atom. The largest absolute Gasteiger partial charge is 0.361 e. The van der Waals surface area contributed by atoms with Gasteiger partial charge in [0.1, 0.15) is 0 Å². The third-order valence-electron chi connectivity index (χ3n) is 2.91. The van der Waals surface area contributed by atoms with Gasteiger partial charge in [0.05, 0.1) is 11.6 Å². The lowest BCUT2D eigenvalue weighted by atomic mass is 10.1. The highest BCUT2D eigenvalue weighted by molar-refractivity contribution is 7.11. The third kappa shape index (κ3) is 2.51. The number of thiazole rings is 1. The highest BCUT2D eigenvalue weighted by Gasteiger charge is 2.07. The molecule has 1 amide bonds. The van der Waals surface area contributed by atoms with Crippen molar-refractivity contribution in [1.29, 1.82) is 0 Å². The van der Waals surface area contributed by atoms with Crippen LogP contribution in [0, 0.1) is 6.92 Å². The summed E-state index contributed by atoms with van der Waals surface area (Å²) < 4.78 is 0. The van der Waals surface area contributed by atoms with E-state index in [1.165, 1.54) is 0 Å². The number of H-pyrrole nitrogens is 1. The molecule has 0 atom stereocenters. The topological polar surface area (TPSA) is 57.8 Å². The van der Waals surface area contributed by atoms with Gasteiger partial charge in [-0.1, -0.05) is 6.07 Å². The predicted octanol–water partition coefficient (Wildman–Crippen LogP) is 2.86. The number of amides is 1. The van der Waals surface area contributed by atoms with Crippen LogP contribution in [-0.2, 0) is 6.54 Å². The van der Waals surface area contributed by atoms with Crippen molar-refractivity contribution in [1.82, 2.24) is 15.3 Å². The Balaban J connectivity index is 1.72. The molecule has 5 heteroatoms. The Kier molecular flexibility index (Phi) is 3.05. The smallest absolute Gasteiger partial charge is 0.251 e. The Labute approximate surface area is 114 Å². The van der Waals surface area contributed by atoms with Crippen molar-refractivity contribution in [2.75, 3.05) is 0 Å². The second-order valence-corrected chi connectivity index (χ2v) is 5.63. The molecule has 2 heterocycles. The molecular formula is C14H13N3OS. The first-order chi connectivity index (χ1) is 9.22. The van der Waals surface area contributed by atoms with Gasteiger partial charge >= 0.3 is 0 Å². The molecule has 0 fully saturated rings. The van der Waals surface area contributed by atoms with E-state index >= 15 is 0 Å². The summed E-state index contributed by atoms with van der Waals surface area (Å²) in [6.45, 7) is 2.47. The summed E-state index contributed by atoms with van der Waals surface area (Å²) in [5.41, 5.74) is 1.64. The molecule has 0 bridgehead atoms. The van der Waals surface area contributed by atoms with Gasteiger partial charge in [0.25, 0.3) is 5.91 Å². The van der Waals surface area contributed by atoms with Crippen LogP contribution in [0.2, 0.25) is 0 Å². The molecule has 2 N–H and O–H groups in total. The van der Waals surface area contributed by atoms with E-state index in [1.54, 1.807) is 17.5 Å². The molecule has 0 saturated carbocycles. The van der Waals surface area contributed by atoms with Crippen LogP contribution in [-0.4, -0.2) is 15.9 Å². The molecule has 96 valence electrons. The molecule has 4 nitrogen and oxygen atoms in total. The van der Waals surface area contributed by atoms with Crippen LogP contribution in [0.3, 0.4) is 0 Å². The summed E-state index contributed by atoms with van der Waals surface area (Å²) in [6.07, 6.45) is 3.67. The molecule has 0 aliphatic carbocycles. The summed E-state index contributed by atoms with van der Waals surface area (Å²) in [5.74, 6) is -0.0671. The molecule has 0 aliphatic heterocycles. The van der Waals surface area contributed by atoms with E-state index in [0.717, 1.165) is 20.8 Å². The number of aromatic nitrogens is 2. The maximum Gasteiger partial charge on any atom is 0.251 e. The second-order valence-electron chi connectivity index (χ2n) is 4.31. The average Bonchev–Trinajstić information content (AvgIpc) is 3.03. The monoisotopic (exact) mass is 271 g/mol. The highest BCUT2D eigenvalue weighted by atomic mass is 32.1. The molecule has 0 spiro atoms. The van der Waals surface area contributed by atoms with Crippen molar-refractivity contribution in [3.8, 4) is 0 Å². The van der Waals surface area contributed by atoms with Gasteiger partial charge in [-0.25, -0.2) is 4.98 Å². The summed E-state index contributed by atoms with van der Waals surface area (Å²) >= 11 is 1.60. The van der Waals surface area contributed by atoms with Gasteiger partial charge in [-0.05, 0) is 30.5 Å². The van der Waals surface area contributed by atoms with Crippen LogP contribution in [0.25, 0.3) is 10.9 Å². The van der Waals surface area contributed by atoms with Crippen molar-refractivity contribution in [2.24, 2.45) is 0 Å². The first-order valence-electron chi connectivity index (χ1n) is 5.99. The first kappa shape index (κ1) is 11.9. The van der Waals surface area contributed by atoms with Gasteiger partial charge in [-0.3, -0.25) is 4.79 Å². The lowest BCUT2D eigenvalue weighted by Crippen LogP contribution is -2.22. The van der Waals surface area contributed by atoms with Crippen LogP contribution in [0.5, 0.6) is 0 Å². The number of rotatable bonds is 3. The fourth-order valence-electron chi connectivity index (χ4n) is 1.95. The Morgan fingerprint density at radius 3 is 3.11 bits per heavy atom. The van der Waals surface area contributed by atoms with Crippen LogP contribution in [0.15, 0.2) is 36.7 Å². The zero-order valence-corrected chi connectivity index (χ0v) is 11.3. The van der Waals surface area contributed by atoms with Gasteiger partial charge in [0.2, 0.25) is 0 Å². The number of hydrogen-bond donors (Lipinski definition) is 2. The molecule has 0 unspecified atom stereocenters. The molecule has 1 aromatic carbocycles. The van der Waals surface area contributed by atoms with Crippen LogP contribution >= 0.6 is 11.3 Å². The number of carbonyl (C=O) groups excluding carboxylic acids is 1. The van der Waals surface area contributed by atoms with Gasteiger partial charge in [0.15, 0.2) is 0 Å². The van der Waals surface area contributed by atoms with Crippen LogP contribution in [0.1, 0.15) is 20.2 Å². The van der Waals surface area contributed by atoms with E-state index in [1.807, 2.05) is 37.4 Å². The average molecular weight is 271 g/mol. The van der Waals surface area contributed by atoms with Crippen LogP contribution < -0.4 is 5.32 Å². The molecule has 2 aromatic heterocycles. The Hall–Kier alpha value is -2.14. The molecule has 0 radical (unpaired) electrons.